The van der Waals surface area contributed by atoms with E-state index < -0.39 is 0 Å². The highest BCUT2D eigenvalue weighted by atomic mass is 15.2. The summed E-state index contributed by atoms with van der Waals surface area (Å²) in [7, 11) is 0. The molecule has 0 aromatic rings. The molecule has 0 radical (unpaired) electrons. The Kier molecular flexibility index (Phi) is 4.68. The highest BCUT2D eigenvalue weighted by molar-refractivity contribution is 4.87. The number of rotatable bonds is 2. The standard InChI is InChI=1S/C15H31N3/c1-15(2,3)18-10-8-14(9-11-18)17-13-6-4-12(16)5-7-13/h12-14,17H,4-11,16H2,1-3H3. The quantitative estimate of drug-likeness (QED) is 0.792. The minimum absolute atomic E-state index is 0.336. The van der Waals surface area contributed by atoms with Gasteiger partial charge in [-0.25, -0.2) is 0 Å². The summed E-state index contributed by atoms with van der Waals surface area (Å²) in [5.74, 6) is 0. The summed E-state index contributed by atoms with van der Waals surface area (Å²) in [6, 6.07) is 1.93. The van der Waals surface area contributed by atoms with Crippen LogP contribution in [0.5, 0.6) is 0 Å². The molecule has 1 aliphatic heterocycles. The van der Waals surface area contributed by atoms with Crippen molar-refractivity contribution >= 4 is 0 Å². The second kappa shape index (κ2) is 5.89. The monoisotopic (exact) mass is 253 g/mol. The third-order valence-corrected chi connectivity index (χ3v) is 4.69. The molecular weight excluding hydrogens is 222 g/mol. The molecule has 1 aliphatic carbocycles. The van der Waals surface area contributed by atoms with Gasteiger partial charge in [0, 0.05) is 36.8 Å². The van der Waals surface area contributed by atoms with E-state index >= 15 is 0 Å². The first-order valence-electron chi connectivity index (χ1n) is 7.72. The molecule has 0 bridgehead atoms. The van der Waals surface area contributed by atoms with Gasteiger partial charge in [-0.3, -0.25) is 4.90 Å². The largest absolute Gasteiger partial charge is 0.328 e. The fourth-order valence-electron chi connectivity index (χ4n) is 3.34. The summed E-state index contributed by atoms with van der Waals surface area (Å²) in [5, 5.41) is 3.87. The molecular formula is C15H31N3. The molecule has 2 rings (SSSR count). The van der Waals surface area contributed by atoms with Crippen molar-refractivity contribution in [3.05, 3.63) is 0 Å². The van der Waals surface area contributed by atoms with Crippen molar-refractivity contribution in [3.63, 3.8) is 0 Å². The van der Waals surface area contributed by atoms with E-state index in [0.717, 1.165) is 12.1 Å². The maximum absolute atomic E-state index is 5.96. The third kappa shape index (κ3) is 3.94. The minimum atomic E-state index is 0.336. The van der Waals surface area contributed by atoms with E-state index in [-0.39, 0.29) is 0 Å². The van der Waals surface area contributed by atoms with E-state index in [2.05, 4.69) is 31.0 Å². The Hall–Kier alpha value is -0.120. The van der Waals surface area contributed by atoms with Crippen molar-refractivity contribution in [3.8, 4) is 0 Å². The van der Waals surface area contributed by atoms with Crippen LogP contribution in [0.2, 0.25) is 0 Å². The average molecular weight is 253 g/mol. The Morgan fingerprint density at radius 1 is 0.889 bits per heavy atom. The molecule has 1 saturated heterocycles. The first kappa shape index (κ1) is 14.3. The van der Waals surface area contributed by atoms with Crippen LogP contribution in [-0.2, 0) is 0 Å². The molecule has 0 unspecified atom stereocenters. The smallest absolute Gasteiger partial charge is 0.0125 e. The molecule has 1 heterocycles. The van der Waals surface area contributed by atoms with Crippen molar-refractivity contribution < 1.29 is 0 Å². The summed E-state index contributed by atoms with van der Waals surface area (Å²) in [4.78, 5) is 2.61. The van der Waals surface area contributed by atoms with E-state index in [0.29, 0.717) is 11.6 Å². The second-order valence-corrected chi connectivity index (χ2v) is 7.21. The molecule has 2 fully saturated rings. The molecule has 3 heteroatoms. The predicted molar refractivity (Wildman–Crippen MR) is 77.7 cm³/mol. The molecule has 1 saturated carbocycles. The van der Waals surface area contributed by atoms with Gasteiger partial charge in [0.1, 0.15) is 0 Å². The van der Waals surface area contributed by atoms with Gasteiger partial charge in [0.25, 0.3) is 0 Å². The topological polar surface area (TPSA) is 41.3 Å². The second-order valence-electron chi connectivity index (χ2n) is 7.21. The minimum Gasteiger partial charge on any atom is -0.328 e. The summed E-state index contributed by atoms with van der Waals surface area (Å²) < 4.78 is 0. The molecule has 0 atom stereocenters. The van der Waals surface area contributed by atoms with E-state index in [1.807, 2.05) is 0 Å². The van der Waals surface area contributed by atoms with Crippen LogP contribution in [0.4, 0.5) is 0 Å². The molecule has 3 N–H and O–H groups in total. The van der Waals surface area contributed by atoms with Gasteiger partial charge in [0.05, 0.1) is 0 Å². The number of likely N-dealkylation sites (tertiary alicyclic amines) is 1. The molecule has 0 spiro atoms. The Morgan fingerprint density at radius 2 is 1.39 bits per heavy atom. The lowest BCUT2D eigenvalue weighted by Gasteiger charge is -2.42. The number of piperidine rings is 1. The van der Waals surface area contributed by atoms with Gasteiger partial charge in [-0.05, 0) is 59.3 Å². The van der Waals surface area contributed by atoms with Gasteiger partial charge < -0.3 is 11.1 Å². The van der Waals surface area contributed by atoms with Crippen LogP contribution in [-0.4, -0.2) is 41.7 Å². The summed E-state index contributed by atoms with van der Waals surface area (Å²) in [6.07, 6.45) is 7.58. The number of nitrogens with one attached hydrogen (secondary N) is 1. The zero-order valence-electron chi connectivity index (χ0n) is 12.4. The van der Waals surface area contributed by atoms with Gasteiger partial charge in [-0.15, -0.1) is 0 Å². The van der Waals surface area contributed by atoms with Crippen LogP contribution in [0, 0.1) is 0 Å². The van der Waals surface area contributed by atoms with Gasteiger partial charge >= 0.3 is 0 Å². The van der Waals surface area contributed by atoms with Crippen molar-refractivity contribution in [2.24, 2.45) is 5.73 Å². The molecule has 0 aromatic carbocycles. The normalized spacial score (nSPS) is 32.7. The SMILES string of the molecule is CC(C)(C)N1CCC(NC2CCC(N)CC2)CC1. The first-order valence-corrected chi connectivity index (χ1v) is 7.72. The van der Waals surface area contributed by atoms with Gasteiger partial charge in [-0.2, -0.15) is 0 Å². The Labute approximate surface area is 112 Å². The van der Waals surface area contributed by atoms with E-state index in [9.17, 15) is 0 Å². The van der Waals surface area contributed by atoms with Crippen LogP contribution in [0.1, 0.15) is 59.3 Å². The van der Waals surface area contributed by atoms with Crippen LogP contribution < -0.4 is 11.1 Å². The van der Waals surface area contributed by atoms with Crippen molar-refractivity contribution in [1.29, 1.82) is 0 Å². The number of nitrogens with zero attached hydrogens (tertiary/aromatic N) is 1. The van der Waals surface area contributed by atoms with E-state index in [4.69, 9.17) is 5.73 Å². The predicted octanol–water partition coefficient (Wildman–Crippen LogP) is 2.11. The molecule has 2 aliphatic rings. The lowest BCUT2D eigenvalue weighted by atomic mass is 9.90. The zero-order valence-corrected chi connectivity index (χ0v) is 12.4. The molecule has 106 valence electrons. The number of hydrogen-bond donors (Lipinski definition) is 2. The maximum Gasteiger partial charge on any atom is 0.0125 e. The molecule has 18 heavy (non-hydrogen) atoms. The summed E-state index contributed by atoms with van der Waals surface area (Å²) in [6.45, 7) is 9.45. The fraction of sp³-hybridized carbons (Fsp3) is 1.00. The summed E-state index contributed by atoms with van der Waals surface area (Å²) in [5.41, 5.74) is 6.30. The highest BCUT2D eigenvalue weighted by Crippen LogP contribution is 2.22. The van der Waals surface area contributed by atoms with Crippen molar-refractivity contribution in [1.82, 2.24) is 10.2 Å². The molecule has 0 amide bonds. The molecule has 0 aromatic heterocycles. The van der Waals surface area contributed by atoms with Crippen LogP contribution in [0.3, 0.4) is 0 Å². The Bertz CT molecular complexity index is 243. The lowest BCUT2D eigenvalue weighted by Crippen LogP contribution is -2.52. The van der Waals surface area contributed by atoms with Gasteiger partial charge in [0.15, 0.2) is 0 Å². The third-order valence-electron chi connectivity index (χ3n) is 4.69. The maximum atomic E-state index is 5.96. The first-order chi connectivity index (χ1) is 8.45. The fourth-order valence-corrected chi connectivity index (χ4v) is 3.34. The van der Waals surface area contributed by atoms with Crippen LogP contribution in [0.25, 0.3) is 0 Å². The Morgan fingerprint density at radius 3 is 1.89 bits per heavy atom. The summed E-state index contributed by atoms with van der Waals surface area (Å²) >= 11 is 0. The van der Waals surface area contributed by atoms with Gasteiger partial charge in [-0.1, -0.05) is 0 Å². The molecule has 3 nitrogen and oxygen atoms in total. The van der Waals surface area contributed by atoms with E-state index in [1.54, 1.807) is 0 Å². The van der Waals surface area contributed by atoms with Crippen LogP contribution >= 0.6 is 0 Å². The van der Waals surface area contributed by atoms with Gasteiger partial charge in [0.2, 0.25) is 0 Å². The number of nitrogens with two attached hydrogens (primary N) is 1. The van der Waals surface area contributed by atoms with Crippen molar-refractivity contribution in [2.45, 2.75) is 83.0 Å². The van der Waals surface area contributed by atoms with Crippen LogP contribution in [0.15, 0.2) is 0 Å². The number of hydrogen-bond acceptors (Lipinski definition) is 3. The van der Waals surface area contributed by atoms with Crippen molar-refractivity contribution in [2.75, 3.05) is 13.1 Å². The lowest BCUT2D eigenvalue weighted by molar-refractivity contribution is 0.0919. The van der Waals surface area contributed by atoms with E-state index in [1.165, 1.54) is 51.6 Å². The average Bonchev–Trinajstić information content (AvgIpc) is 2.32. The highest BCUT2D eigenvalue weighted by Gasteiger charge is 2.28. The Balaban J connectivity index is 1.70. The zero-order chi connectivity index (χ0) is 13.2.